The molecule has 38 heavy (non-hydrogen) atoms. The number of carbonyl (C=O) groups is 1. The molecule has 2 aromatic heterocycles. The van der Waals surface area contributed by atoms with Crippen LogP contribution in [0.4, 0.5) is 9.18 Å². The number of nitrogens with one attached hydrogen (secondary N) is 1. The maximum atomic E-state index is 13.5. The van der Waals surface area contributed by atoms with Gasteiger partial charge in [-0.2, -0.15) is 0 Å². The molecule has 0 aliphatic heterocycles. The van der Waals surface area contributed by atoms with Crippen molar-refractivity contribution in [3.05, 3.63) is 105 Å². The summed E-state index contributed by atoms with van der Waals surface area (Å²) in [7, 11) is 0. The second-order valence-corrected chi connectivity index (χ2v) is 9.92. The molecule has 1 aliphatic carbocycles. The van der Waals surface area contributed by atoms with Crippen molar-refractivity contribution < 1.29 is 13.9 Å². The van der Waals surface area contributed by atoms with Gasteiger partial charge in [-0.05, 0) is 92.3 Å². The summed E-state index contributed by atoms with van der Waals surface area (Å²) in [6.07, 6.45) is 6.30. The highest BCUT2D eigenvalue weighted by Crippen LogP contribution is 2.39. The van der Waals surface area contributed by atoms with Crippen molar-refractivity contribution in [3.63, 3.8) is 0 Å². The van der Waals surface area contributed by atoms with Crippen LogP contribution in [0.3, 0.4) is 0 Å². The molecule has 0 unspecified atom stereocenters. The molecule has 0 saturated carbocycles. The summed E-state index contributed by atoms with van der Waals surface area (Å²) in [6, 6.07) is 16.6. The maximum Gasteiger partial charge on any atom is 0.414 e. The molecule has 2 heterocycles. The normalized spacial score (nSPS) is 15.0. The molecule has 9 heteroatoms. The number of nitrogens with zero attached hydrogens (tertiary/aromatic N) is 3. The minimum Gasteiger partial charge on any atom is -0.389 e. The van der Waals surface area contributed by atoms with Crippen LogP contribution in [-0.2, 0) is 6.42 Å². The Balaban J connectivity index is 1.56. The van der Waals surface area contributed by atoms with E-state index in [-0.39, 0.29) is 17.7 Å². The summed E-state index contributed by atoms with van der Waals surface area (Å²) in [5.74, 6) is -0.0861. The number of pyridine rings is 1. The van der Waals surface area contributed by atoms with Crippen LogP contribution in [0.5, 0.6) is 5.88 Å². The predicted molar refractivity (Wildman–Crippen MR) is 147 cm³/mol. The van der Waals surface area contributed by atoms with E-state index in [1.54, 1.807) is 41.2 Å². The van der Waals surface area contributed by atoms with E-state index in [0.717, 1.165) is 41.7 Å². The zero-order valence-electron chi connectivity index (χ0n) is 20.6. The molecule has 1 amide bonds. The van der Waals surface area contributed by atoms with E-state index in [4.69, 9.17) is 33.0 Å². The summed E-state index contributed by atoms with van der Waals surface area (Å²) in [6.45, 7) is 1.83. The number of ether oxygens (including phenoxy) is 1. The fourth-order valence-electron chi connectivity index (χ4n) is 4.53. The zero-order chi connectivity index (χ0) is 26.6. The Labute approximate surface area is 230 Å². The number of hydrogen-bond donors (Lipinski definition) is 1. The second kappa shape index (κ2) is 11.4. The maximum absolute atomic E-state index is 13.5. The van der Waals surface area contributed by atoms with E-state index in [9.17, 15) is 9.18 Å². The molecule has 6 nitrogen and oxygen atoms in total. The van der Waals surface area contributed by atoms with E-state index in [0.29, 0.717) is 27.8 Å². The van der Waals surface area contributed by atoms with Gasteiger partial charge in [0.2, 0.25) is 5.88 Å². The van der Waals surface area contributed by atoms with Gasteiger partial charge in [0.05, 0.1) is 28.1 Å². The fourth-order valence-corrected chi connectivity index (χ4v) is 5.02. The molecule has 0 bridgehead atoms. The third kappa shape index (κ3) is 5.74. The minimum atomic E-state index is -0.633. The number of benzene rings is 2. The van der Waals surface area contributed by atoms with Gasteiger partial charge in [0, 0.05) is 16.8 Å². The predicted octanol–water partition coefficient (Wildman–Crippen LogP) is 7.83. The van der Waals surface area contributed by atoms with Crippen molar-refractivity contribution in [1.29, 1.82) is 0 Å². The van der Waals surface area contributed by atoms with Gasteiger partial charge in [-0.1, -0.05) is 41.4 Å². The van der Waals surface area contributed by atoms with Gasteiger partial charge >= 0.3 is 6.09 Å². The molecule has 0 saturated heterocycles. The number of carbonyl (C=O) groups excluding carboxylic acids is 1. The third-order valence-electron chi connectivity index (χ3n) is 6.38. The number of rotatable bonds is 5. The van der Waals surface area contributed by atoms with E-state index < -0.39 is 6.09 Å². The molecule has 5 rings (SSSR count). The van der Waals surface area contributed by atoms with Crippen LogP contribution in [0.2, 0.25) is 10.0 Å². The Kier molecular flexibility index (Phi) is 7.77. The van der Waals surface area contributed by atoms with Gasteiger partial charge in [-0.15, -0.1) is 5.10 Å². The number of halogens is 3. The lowest BCUT2D eigenvalue weighted by Crippen LogP contribution is -2.30. The second-order valence-electron chi connectivity index (χ2n) is 9.08. The number of hydrogen-bond acceptors (Lipinski definition) is 4. The van der Waals surface area contributed by atoms with E-state index >= 15 is 0 Å². The van der Waals surface area contributed by atoms with Crippen molar-refractivity contribution in [2.45, 2.75) is 38.6 Å². The van der Waals surface area contributed by atoms with Crippen LogP contribution in [0.15, 0.2) is 66.9 Å². The molecular weight excluding hydrogens is 526 g/mol. The zero-order valence-corrected chi connectivity index (χ0v) is 22.1. The quantitative estimate of drug-likeness (QED) is 0.257. The highest BCUT2D eigenvalue weighted by atomic mass is 35.5. The number of allylic oxidation sites excluding steroid dienone is 1. The first kappa shape index (κ1) is 25.9. The standard InChI is InChI=1S/C29H25Cl2FN4O2/c1-18(25-8-4-5-15-33-25)34-29(37)38-28-23-7-3-2-6-20(16-19-9-12-22(32)13-10-19)27(23)36(35-28)26-14-11-21(30)17-24(26)31/h4-5,8-18H,2-3,6-7H2,1H3,(H,34,37)/b20-16+/t18-/m1/s1. The van der Waals surface area contributed by atoms with Crippen LogP contribution in [0.1, 0.15) is 54.7 Å². The summed E-state index contributed by atoms with van der Waals surface area (Å²) in [5, 5.41) is 8.44. The van der Waals surface area contributed by atoms with Crippen molar-refractivity contribution in [1.82, 2.24) is 20.1 Å². The Morgan fingerprint density at radius 3 is 2.63 bits per heavy atom. The topological polar surface area (TPSA) is 69.0 Å². The molecule has 0 radical (unpaired) electrons. The Hall–Kier alpha value is -3.68. The van der Waals surface area contributed by atoms with E-state index in [1.165, 1.54) is 12.1 Å². The lowest BCUT2D eigenvalue weighted by Gasteiger charge is -2.13. The molecule has 0 fully saturated rings. The molecule has 1 N–H and O–H groups in total. The minimum absolute atomic E-state index is 0.212. The third-order valence-corrected chi connectivity index (χ3v) is 6.92. The Bertz CT molecular complexity index is 1490. The Morgan fingerprint density at radius 1 is 1.11 bits per heavy atom. The van der Waals surface area contributed by atoms with Gasteiger partial charge in [0.15, 0.2) is 0 Å². The molecule has 194 valence electrons. The molecule has 1 aliphatic rings. The largest absolute Gasteiger partial charge is 0.414 e. The average molecular weight is 551 g/mol. The van der Waals surface area contributed by atoms with E-state index in [2.05, 4.69) is 10.3 Å². The number of amides is 1. The van der Waals surface area contributed by atoms with Crippen LogP contribution < -0.4 is 10.1 Å². The van der Waals surface area contributed by atoms with Gasteiger partial charge in [0.25, 0.3) is 0 Å². The molecule has 2 aromatic carbocycles. The smallest absolute Gasteiger partial charge is 0.389 e. The Morgan fingerprint density at radius 2 is 1.89 bits per heavy atom. The average Bonchev–Trinajstić information content (AvgIpc) is 3.10. The van der Waals surface area contributed by atoms with Gasteiger partial charge in [0.1, 0.15) is 5.82 Å². The van der Waals surface area contributed by atoms with Crippen LogP contribution in [0.25, 0.3) is 17.3 Å². The van der Waals surface area contributed by atoms with Crippen LogP contribution >= 0.6 is 23.2 Å². The van der Waals surface area contributed by atoms with Crippen LogP contribution in [-0.4, -0.2) is 20.9 Å². The molecular formula is C29H25Cl2FN4O2. The number of aromatic nitrogens is 3. The van der Waals surface area contributed by atoms with Gasteiger partial charge in [-0.3, -0.25) is 4.98 Å². The van der Waals surface area contributed by atoms with Gasteiger partial charge in [-0.25, -0.2) is 13.9 Å². The first-order valence-electron chi connectivity index (χ1n) is 12.3. The lowest BCUT2D eigenvalue weighted by molar-refractivity contribution is 0.194. The first-order chi connectivity index (χ1) is 18.4. The van der Waals surface area contributed by atoms with Crippen molar-refractivity contribution in [2.24, 2.45) is 0 Å². The molecule has 0 spiro atoms. The van der Waals surface area contributed by atoms with Crippen molar-refractivity contribution >= 4 is 40.9 Å². The first-order valence-corrected chi connectivity index (χ1v) is 13.1. The van der Waals surface area contributed by atoms with Crippen molar-refractivity contribution in [3.8, 4) is 11.6 Å². The highest BCUT2D eigenvalue weighted by Gasteiger charge is 2.27. The van der Waals surface area contributed by atoms with E-state index in [1.807, 2.05) is 31.2 Å². The SMILES string of the molecule is C[C@@H](NC(=O)Oc1nn(-c2ccc(Cl)cc2Cl)c2c1CCCC/C2=C\c1ccc(F)cc1)c1ccccn1. The van der Waals surface area contributed by atoms with Crippen LogP contribution in [0, 0.1) is 5.82 Å². The summed E-state index contributed by atoms with van der Waals surface area (Å²) in [4.78, 5) is 17.2. The lowest BCUT2D eigenvalue weighted by atomic mass is 10.0. The highest BCUT2D eigenvalue weighted by molar-refractivity contribution is 6.35. The summed E-state index contributed by atoms with van der Waals surface area (Å²) >= 11 is 12.7. The number of fused-ring (bicyclic) bond motifs is 1. The van der Waals surface area contributed by atoms with Crippen molar-refractivity contribution in [2.75, 3.05) is 0 Å². The van der Waals surface area contributed by atoms with Gasteiger partial charge < -0.3 is 10.1 Å². The molecule has 1 atom stereocenters. The monoisotopic (exact) mass is 550 g/mol. The fraction of sp³-hybridized carbons (Fsp3) is 0.207. The summed E-state index contributed by atoms with van der Waals surface area (Å²) in [5.41, 5.74) is 4.77. The summed E-state index contributed by atoms with van der Waals surface area (Å²) < 4.78 is 21.0. The molecule has 4 aromatic rings.